The summed E-state index contributed by atoms with van der Waals surface area (Å²) < 4.78 is 6.41. The van der Waals surface area contributed by atoms with Crippen LogP contribution in [0.3, 0.4) is 0 Å². The molecule has 4 rings (SSSR count). The maximum atomic E-state index is 12.8. The fourth-order valence-electron chi connectivity index (χ4n) is 3.22. The predicted octanol–water partition coefficient (Wildman–Crippen LogP) is 3.81. The molecule has 1 saturated heterocycles. The average Bonchev–Trinajstić information content (AvgIpc) is 2.78. The van der Waals surface area contributed by atoms with Crippen molar-refractivity contribution in [2.24, 2.45) is 0 Å². The Morgan fingerprint density at radius 1 is 1.25 bits per heavy atom. The summed E-state index contributed by atoms with van der Waals surface area (Å²) in [6.07, 6.45) is 0. The van der Waals surface area contributed by atoms with Gasteiger partial charge in [-0.15, -0.1) is 11.8 Å². The second-order valence-corrected chi connectivity index (χ2v) is 10.6. The van der Waals surface area contributed by atoms with Crippen molar-refractivity contribution in [3.63, 3.8) is 0 Å². The number of thioether (sulfide) groups is 2. The summed E-state index contributed by atoms with van der Waals surface area (Å²) in [6.45, 7) is -0.266. The highest BCUT2D eigenvalue weighted by Gasteiger charge is 2.54. The number of carbonyl (C=O) groups is 3. The quantitative estimate of drug-likeness (QED) is 0.368. The summed E-state index contributed by atoms with van der Waals surface area (Å²) in [5.41, 5.74) is -0.0219. The molecule has 0 aromatic heterocycles. The van der Waals surface area contributed by atoms with Crippen molar-refractivity contribution in [2.45, 2.75) is 16.3 Å². The highest BCUT2D eigenvalue weighted by molar-refractivity contribution is 14.1. The molecule has 166 valence electrons. The molecule has 2 aliphatic rings. The van der Waals surface area contributed by atoms with Gasteiger partial charge < -0.3 is 15.2 Å². The maximum Gasteiger partial charge on any atom is 0.353 e. The van der Waals surface area contributed by atoms with Gasteiger partial charge in [0.15, 0.2) is 6.61 Å². The molecule has 32 heavy (non-hydrogen) atoms. The van der Waals surface area contributed by atoms with E-state index in [1.807, 2.05) is 24.3 Å². The third-order valence-electron chi connectivity index (χ3n) is 4.71. The molecule has 0 radical (unpaired) electrons. The number of nitrogens with zero attached hydrogens (tertiary/aromatic N) is 1. The Labute approximate surface area is 211 Å². The minimum Gasteiger partial charge on any atom is -0.484 e. The van der Waals surface area contributed by atoms with Crippen LogP contribution >= 0.6 is 57.7 Å². The average molecular weight is 603 g/mol. The molecule has 0 bridgehead atoms. The first-order chi connectivity index (χ1) is 15.3. The Morgan fingerprint density at radius 2 is 1.97 bits per heavy atom. The number of carboxylic acid groups (broad SMARTS) is 1. The van der Waals surface area contributed by atoms with Crippen LogP contribution in [0.1, 0.15) is 0 Å². The van der Waals surface area contributed by atoms with E-state index in [4.69, 9.17) is 16.3 Å². The molecule has 1 fully saturated rings. The lowest BCUT2D eigenvalue weighted by Crippen LogP contribution is -2.70. The standard InChI is InChI=1S/C21H16ClIN2O5S2/c22-11-5-7-12(8-6-11)30-9-16(26)24-17-19(27)25-18(21(28)29)15(10-31-20(17)25)32-14-4-2-1-3-13(14)23/h1-8,17,20H,9-10H2,(H,24,26)(H,28,29)/t17-,20+/m1/s1. The summed E-state index contributed by atoms with van der Waals surface area (Å²) in [5, 5.41) is 12.5. The van der Waals surface area contributed by atoms with E-state index in [-0.39, 0.29) is 12.3 Å². The van der Waals surface area contributed by atoms with Crippen molar-refractivity contribution >= 4 is 75.5 Å². The van der Waals surface area contributed by atoms with Crippen LogP contribution in [-0.2, 0) is 14.4 Å². The van der Waals surface area contributed by atoms with Crippen molar-refractivity contribution in [1.29, 1.82) is 0 Å². The first-order valence-corrected chi connectivity index (χ1v) is 12.7. The molecule has 0 unspecified atom stereocenters. The molecule has 0 aliphatic carbocycles. The second-order valence-electron chi connectivity index (χ2n) is 6.81. The number of β-lactam (4-membered cyclic amide) rings is 1. The van der Waals surface area contributed by atoms with Crippen LogP contribution < -0.4 is 10.1 Å². The van der Waals surface area contributed by atoms with E-state index >= 15 is 0 Å². The van der Waals surface area contributed by atoms with Gasteiger partial charge >= 0.3 is 5.97 Å². The van der Waals surface area contributed by atoms with Gasteiger partial charge in [-0.2, -0.15) is 0 Å². The molecule has 2 aromatic carbocycles. The number of carboxylic acids is 1. The van der Waals surface area contributed by atoms with E-state index in [0.717, 1.165) is 8.47 Å². The molecule has 0 saturated carbocycles. The van der Waals surface area contributed by atoms with Crippen molar-refractivity contribution in [2.75, 3.05) is 12.4 Å². The molecule has 0 spiro atoms. The lowest BCUT2D eigenvalue weighted by Gasteiger charge is -2.49. The lowest BCUT2D eigenvalue weighted by molar-refractivity contribution is -0.150. The molecule has 2 heterocycles. The van der Waals surface area contributed by atoms with Crippen molar-refractivity contribution < 1.29 is 24.2 Å². The number of carbonyl (C=O) groups excluding carboxylic acids is 2. The first kappa shape index (κ1) is 23.3. The second kappa shape index (κ2) is 9.94. The number of ether oxygens (including phenoxy) is 1. The van der Waals surface area contributed by atoms with E-state index in [1.54, 1.807) is 24.3 Å². The zero-order valence-corrected chi connectivity index (χ0v) is 20.8. The Bertz CT molecular complexity index is 1110. The smallest absolute Gasteiger partial charge is 0.353 e. The zero-order chi connectivity index (χ0) is 22.8. The molecule has 2 aromatic rings. The molecule has 2 aliphatic heterocycles. The number of hydrogen-bond donors (Lipinski definition) is 2. The number of nitrogens with one attached hydrogen (secondary N) is 1. The Balaban J connectivity index is 1.42. The van der Waals surface area contributed by atoms with Gasteiger partial charge in [0.05, 0.1) is 0 Å². The summed E-state index contributed by atoms with van der Waals surface area (Å²) in [4.78, 5) is 39.8. The van der Waals surface area contributed by atoms with Gasteiger partial charge in [-0.05, 0) is 59.0 Å². The number of amides is 2. The topological polar surface area (TPSA) is 95.9 Å². The van der Waals surface area contributed by atoms with Crippen LogP contribution in [0.2, 0.25) is 5.02 Å². The number of aliphatic carboxylic acids is 1. The number of fused-ring (bicyclic) bond motifs is 1. The Kier molecular flexibility index (Phi) is 7.23. The molecule has 2 amide bonds. The predicted molar refractivity (Wildman–Crippen MR) is 132 cm³/mol. The third kappa shape index (κ3) is 4.87. The molecule has 2 N–H and O–H groups in total. The van der Waals surface area contributed by atoms with Crippen LogP contribution in [0.25, 0.3) is 0 Å². The number of halogens is 2. The third-order valence-corrected chi connectivity index (χ3v) is 8.89. The fourth-order valence-corrected chi connectivity index (χ4v) is 6.56. The van der Waals surface area contributed by atoms with Gasteiger partial charge in [-0.3, -0.25) is 14.5 Å². The van der Waals surface area contributed by atoms with Gasteiger partial charge in [0.1, 0.15) is 22.9 Å². The minimum atomic E-state index is -1.16. The molecular formula is C21H16ClIN2O5S2. The van der Waals surface area contributed by atoms with E-state index in [1.165, 1.54) is 28.4 Å². The number of rotatable bonds is 7. The van der Waals surface area contributed by atoms with Crippen molar-refractivity contribution in [1.82, 2.24) is 10.2 Å². The van der Waals surface area contributed by atoms with Crippen LogP contribution in [0, 0.1) is 3.57 Å². The van der Waals surface area contributed by atoms with Gasteiger partial charge in [0, 0.05) is 24.1 Å². The first-order valence-electron chi connectivity index (χ1n) is 9.36. The zero-order valence-electron chi connectivity index (χ0n) is 16.3. The Hall–Kier alpha value is -1.89. The number of benzene rings is 2. The largest absolute Gasteiger partial charge is 0.484 e. The maximum absolute atomic E-state index is 12.8. The molecule has 11 heteroatoms. The van der Waals surface area contributed by atoms with Crippen molar-refractivity contribution in [3.05, 3.63) is 67.7 Å². The van der Waals surface area contributed by atoms with Crippen LogP contribution in [0.4, 0.5) is 0 Å². The summed E-state index contributed by atoms with van der Waals surface area (Å²) in [6, 6.07) is 13.4. The van der Waals surface area contributed by atoms with Gasteiger partial charge in [-0.1, -0.05) is 35.5 Å². The van der Waals surface area contributed by atoms with E-state index in [0.29, 0.717) is 21.4 Å². The van der Waals surface area contributed by atoms with Crippen LogP contribution in [0.15, 0.2) is 64.0 Å². The van der Waals surface area contributed by atoms with E-state index < -0.39 is 29.2 Å². The van der Waals surface area contributed by atoms with Crippen LogP contribution in [-0.4, -0.2) is 51.6 Å². The monoisotopic (exact) mass is 602 g/mol. The van der Waals surface area contributed by atoms with E-state index in [9.17, 15) is 19.5 Å². The molecule has 2 atom stereocenters. The van der Waals surface area contributed by atoms with Crippen molar-refractivity contribution in [3.8, 4) is 5.75 Å². The summed E-state index contributed by atoms with van der Waals surface area (Å²) >= 11 is 10.8. The molecular weight excluding hydrogens is 587 g/mol. The van der Waals surface area contributed by atoms with Gasteiger partial charge in [0.2, 0.25) is 0 Å². The lowest BCUT2D eigenvalue weighted by atomic mass is 10.1. The fraction of sp³-hybridized carbons (Fsp3) is 0.190. The number of hydrogen-bond acceptors (Lipinski definition) is 6. The normalized spacial score (nSPS) is 19.8. The van der Waals surface area contributed by atoms with Gasteiger partial charge in [0.25, 0.3) is 11.8 Å². The minimum absolute atomic E-state index is 0.0219. The van der Waals surface area contributed by atoms with Crippen LogP contribution in [0.5, 0.6) is 5.75 Å². The SMILES string of the molecule is O=C(COc1ccc(Cl)cc1)N[C@@H]1C(=O)N2C(C(=O)O)=C(Sc3ccccc3I)CS[C@@H]12. The highest BCUT2D eigenvalue weighted by Crippen LogP contribution is 2.45. The van der Waals surface area contributed by atoms with E-state index in [2.05, 4.69) is 27.9 Å². The summed E-state index contributed by atoms with van der Waals surface area (Å²) in [5.74, 6) is -1.16. The summed E-state index contributed by atoms with van der Waals surface area (Å²) in [7, 11) is 0. The highest BCUT2D eigenvalue weighted by atomic mass is 127. The Morgan fingerprint density at radius 3 is 2.66 bits per heavy atom. The molecule has 7 nitrogen and oxygen atoms in total. The van der Waals surface area contributed by atoms with Gasteiger partial charge in [-0.25, -0.2) is 4.79 Å².